The van der Waals surface area contributed by atoms with Gasteiger partial charge >= 0.3 is 6.18 Å². The summed E-state index contributed by atoms with van der Waals surface area (Å²) in [6, 6.07) is 13.9. The van der Waals surface area contributed by atoms with Crippen LogP contribution < -0.4 is 14.4 Å². The number of benzene rings is 3. The quantitative estimate of drug-likeness (QED) is 0.307. The molecule has 2 amide bonds. The van der Waals surface area contributed by atoms with Gasteiger partial charge in [0.15, 0.2) is 0 Å². The number of sulfonamides is 1. The Hall–Kier alpha value is -3.77. The first-order valence-electron chi connectivity index (χ1n) is 12.8. The van der Waals surface area contributed by atoms with Gasteiger partial charge in [-0.25, -0.2) is 8.42 Å². The second-order valence-electron chi connectivity index (χ2n) is 9.43. The number of likely N-dealkylation sites (N-methyl/N-ethyl adjacent to an activating group) is 1. The number of carbonyl (C=O) groups excluding carboxylic acids is 2. The number of hydrogen-bond donors (Lipinski definition) is 1. The summed E-state index contributed by atoms with van der Waals surface area (Å²) in [4.78, 5) is 27.6. The number of rotatable bonds is 11. The third kappa shape index (κ3) is 7.74. The lowest BCUT2D eigenvalue weighted by atomic mass is 10.1. The van der Waals surface area contributed by atoms with E-state index in [1.807, 2.05) is 0 Å². The van der Waals surface area contributed by atoms with Crippen LogP contribution in [-0.2, 0) is 32.3 Å². The average Bonchev–Trinajstić information content (AvgIpc) is 2.94. The molecule has 13 heteroatoms. The number of ether oxygens (including phenoxy) is 1. The summed E-state index contributed by atoms with van der Waals surface area (Å²) in [6.45, 7) is 4.19. The van der Waals surface area contributed by atoms with Crippen LogP contribution in [0.15, 0.2) is 71.6 Å². The zero-order valence-corrected chi connectivity index (χ0v) is 25.0. The molecule has 0 fully saturated rings. The normalized spacial score (nSPS) is 12.4. The number of nitrogens with one attached hydrogen (secondary N) is 1. The highest BCUT2D eigenvalue weighted by Crippen LogP contribution is 2.38. The van der Waals surface area contributed by atoms with Crippen molar-refractivity contribution in [3.05, 3.63) is 88.4 Å². The fourth-order valence-electron chi connectivity index (χ4n) is 4.12. The van der Waals surface area contributed by atoms with Crippen molar-refractivity contribution in [1.29, 1.82) is 0 Å². The number of methoxy groups -OCH3 is 1. The average molecular weight is 626 g/mol. The van der Waals surface area contributed by atoms with Crippen molar-refractivity contribution >= 4 is 39.1 Å². The second-order valence-corrected chi connectivity index (χ2v) is 11.7. The first-order chi connectivity index (χ1) is 19.7. The van der Waals surface area contributed by atoms with Gasteiger partial charge in [0.1, 0.15) is 18.3 Å². The van der Waals surface area contributed by atoms with Gasteiger partial charge in [0.25, 0.3) is 10.0 Å². The monoisotopic (exact) mass is 625 g/mol. The van der Waals surface area contributed by atoms with Gasteiger partial charge in [-0.1, -0.05) is 41.4 Å². The highest BCUT2D eigenvalue weighted by Gasteiger charge is 2.37. The Morgan fingerprint density at radius 2 is 1.71 bits per heavy atom. The van der Waals surface area contributed by atoms with Gasteiger partial charge in [-0.2, -0.15) is 13.2 Å². The van der Waals surface area contributed by atoms with Crippen LogP contribution in [0.2, 0.25) is 5.02 Å². The molecule has 42 heavy (non-hydrogen) atoms. The minimum Gasteiger partial charge on any atom is -0.497 e. The van der Waals surface area contributed by atoms with E-state index >= 15 is 0 Å². The molecule has 0 aliphatic rings. The highest BCUT2D eigenvalue weighted by atomic mass is 35.5. The van der Waals surface area contributed by atoms with Crippen LogP contribution in [0.1, 0.15) is 30.5 Å². The van der Waals surface area contributed by atoms with Gasteiger partial charge in [-0.15, -0.1) is 0 Å². The molecule has 0 saturated heterocycles. The number of amides is 2. The summed E-state index contributed by atoms with van der Waals surface area (Å²) in [5.74, 6) is -0.821. The zero-order valence-electron chi connectivity index (χ0n) is 23.4. The van der Waals surface area contributed by atoms with Crippen molar-refractivity contribution in [3.63, 3.8) is 0 Å². The second kappa shape index (κ2) is 13.5. The van der Waals surface area contributed by atoms with E-state index in [1.165, 1.54) is 38.3 Å². The van der Waals surface area contributed by atoms with Crippen molar-refractivity contribution in [2.75, 3.05) is 24.5 Å². The standard InChI is InChI=1S/C29H31ClF3N3O5S/c1-5-34-28(38)20(3)35(17-21-7-6-8-23(15-21)41-4)27(37)18-36(42(39,40)24-12-9-19(2)10-13-24)22-11-14-26(30)25(16-22)29(31,32)33/h6-16,20H,5,17-18H2,1-4H3,(H,34,38)/t20-/m1/s1. The molecule has 3 aromatic rings. The molecule has 1 N–H and O–H groups in total. The topological polar surface area (TPSA) is 96.0 Å². The maximum absolute atomic E-state index is 13.9. The SMILES string of the molecule is CCNC(=O)[C@@H](C)N(Cc1cccc(OC)c1)C(=O)CN(c1ccc(Cl)c(C(F)(F)F)c1)S(=O)(=O)c1ccc(C)cc1. The van der Waals surface area contributed by atoms with E-state index in [-0.39, 0.29) is 18.0 Å². The highest BCUT2D eigenvalue weighted by molar-refractivity contribution is 7.92. The van der Waals surface area contributed by atoms with Crippen molar-refractivity contribution in [2.24, 2.45) is 0 Å². The van der Waals surface area contributed by atoms with Crippen LogP contribution in [0.3, 0.4) is 0 Å². The smallest absolute Gasteiger partial charge is 0.417 e. The molecule has 0 aliphatic heterocycles. The van der Waals surface area contributed by atoms with E-state index in [4.69, 9.17) is 16.3 Å². The molecule has 0 aromatic heterocycles. The van der Waals surface area contributed by atoms with E-state index in [1.54, 1.807) is 38.1 Å². The van der Waals surface area contributed by atoms with Crippen LogP contribution in [-0.4, -0.2) is 51.4 Å². The number of halogens is 4. The largest absolute Gasteiger partial charge is 0.497 e. The Morgan fingerprint density at radius 3 is 2.31 bits per heavy atom. The Labute approximate surface area is 248 Å². The molecule has 3 rings (SSSR count). The van der Waals surface area contributed by atoms with E-state index in [2.05, 4.69) is 5.32 Å². The van der Waals surface area contributed by atoms with Crippen molar-refractivity contribution in [2.45, 2.75) is 44.4 Å². The van der Waals surface area contributed by atoms with Crippen molar-refractivity contribution in [1.82, 2.24) is 10.2 Å². The Morgan fingerprint density at radius 1 is 1.05 bits per heavy atom. The maximum Gasteiger partial charge on any atom is 0.417 e. The molecule has 226 valence electrons. The summed E-state index contributed by atoms with van der Waals surface area (Å²) >= 11 is 5.79. The number of hydrogen-bond acceptors (Lipinski definition) is 5. The summed E-state index contributed by atoms with van der Waals surface area (Å²) in [5.41, 5.74) is -0.352. The maximum atomic E-state index is 13.9. The lowest BCUT2D eigenvalue weighted by molar-refractivity contribution is -0.139. The summed E-state index contributed by atoms with van der Waals surface area (Å²) in [7, 11) is -3.09. The molecule has 0 spiro atoms. The Balaban J connectivity index is 2.13. The van der Waals surface area contributed by atoms with Crippen LogP contribution in [0.25, 0.3) is 0 Å². The molecular formula is C29H31ClF3N3O5S. The molecule has 0 saturated carbocycles. The van der Waals surface area contributed by atoms with E-state index in [9.17, 15) is 31.2 Å². The molecule has 1 atom stereocenters. The lowest BCUT2D eigenvalue weighted by Gasteiger charge is -2.32. The van der Waals surface area contributed by atoms with E-state index in [0.717, 1.165) is 22.6 Å². The van der Waals surface area contributed by atoms with Gasteiger partial charge in [-0.05, 0) is 68.8 Å². The molecule has 8 nitrogen and oxygen atoms in total. The molecule has 0 aliphatic carbocycles. The summed E-state index contributed by atoms with van der Waals surface area (Å²) < 4.78 is 74.7. The first-order valence-corrected chi connectivity index (χ1v) is 14.7. The van der Waals surface area contributed by atoms with Gasteiger partial charge in [0.2, 0.25) is 11.8 Å². The summed E-state index contributed by atoms with van der Waals surface area (Å²) in [6.07, 6.45) is -4.89. The van der Waals surface area contributed by atoms with Crippen molar-refractivity contribution in [3.8, 4) is 5.75 Å². The van der Waals surface area contributed by atoms with E-state index < -0.39 is 56.9 Å². The number of anilines is 1. The number of alkyl halides is 3. The number of carbonyl (C=O) groups is 2. The third-order valence-electron chi connectivity index (χ3n) is 6.44. The summed E-state index contributed by atoms with van der Waals surface area (Å²) in [5, 5.41) is 2.01. The number of nitrogens with zero attached hydrogens (tertiary/aromatic N) is 2. The van der Waals surface area contributed by atoms with Gasteiger partial charge < -0.3 is 15.0 Å². The van der Waals surface area contributed by atoms with Gasteiger partial charge in [-0.3, -0.25) is 13.9 Å². The molecule has 0 unspecified atom stereocenters. The van der Waals surface area contributed by atoms with Gasteiger partial charge in [0, 0.05) is 13.1 Å². The zero-order chi connectivity index (χ0) is 31.2. The number of aryl methyl sites for hydroxylation is 1. The van der Waals surface area contributed by atoms with Crippen LogP contribution in [0.4, 0.5) is 18.9 Å². The minimum atomic E-state index is -4.89. The molecule has 0 heterocycles. The Bertz CT molecular complexity index is 1530. The van der Waals surface area contributed by atoms with Crippen molar-refractivity contribution < 1.29 is 35.9 Å². The molecule has 0 bridgehead atoms. The fraction of sp³-hybridized carbons (Fsp3) is 0.310. The lowest BCUT2D eigenvalue weighted by Crippen LogP contribution is -2.51. The Kier molecular flexibility index (Phi) is 10.5. The molecule has 0 radical (unpaired) electrons. The van der Waals surface area contributed by atoms with Crippen LogP contribution >= 0.6 is 11.6 Å². The molecular weight excluding hydrogens is 595 g/mol. The van der Waals surface area contributed by atoms with E-state index in [0.29, 0.717) is 21.7 Å². The van der Waals surface area contributed by atoms with Crippen LogP contribution in [0, 0.1) is 6.92 Å². The fourth-order valence-corrected chi connectivity index (χ4v) is 5.75. The predicted octanol–water partition coefficient (Wildman–Crippen LogP) is 5.42. The first kappa shape index (κ1) is 32.7. The minimum absolute atomic E-state index is 0.110. The third-order valence-corrected chi connectivity index (χ3v) is 8.55. The van der Waals surface area contributed by atoms with Crippen LogP contribution in [0.5, 0.6) is 5.75 Å². The predicted molar refractivity (Wildman–Crippen MR) is 154 cm³/mol. The van der Waals surface area contributed by atoms with Gasteiger partial charge in [0.05, 0.1) is 28.3 Å². The molecule has 3 aromatic carbocycles.